The van der Waals surface area contributed by atoms with Crippen molar-refractivity contribution in [2.45, 2.75) is 26.3 Å². The number of hydrogen-bond donors (Lipinski definition) is 2. The third-order valence-corrected chi connectivity index (χ3v) is 3.11. The molecule has 3 N–H and O–H groups in total. The van der Waals surface area contributed by atoms with Crippen LogP contribution in [0.25, 0.3) is 0 Å². The van der Waals surface area contributed by atoms with Crippen molar-refractivity contribution in [3.8, 4) is 0 Å². The van der Waals surface area contributed by atoms with Gasteiger partial charge >= 0.3 is 0 Å². The summed E-state index contributed by atoms with van der Waals surface area (Å²) < 4.78 is 0. The van der Waals surface area contributed by atoms with Crippen molar-refractivity contribution in [1.82, 2.24) is 5.32 Å². The van der Waals surface area contributed by atoms with E-state index in [0.29, 0.717) is 6.54 Å². The molecule has 0 atom stereocenters. The number of amides is 1. The van der Waals surface area contributed by atoms with Crippen molar-refractivity contribution in [2.24, 2.45) is 5.73 Å². The minimum atomic E-state index is -0.113. The zero-order valence-electron chi connectivity index (χ0n) is 8.58. The minimum absolute atomic E-state index is 0.113. The molecule has 0 unspecified atom stereocenters. The summed E-state index contributed by atoms with van der Waals surface area (Å²) in [5.41, 5.74) is 6.56. The van der Waals surface area contributed by atoms with E-state index in [2.05, 4.69) is 30.5 Å². The van der Waals surface area contributed by atoms with Gasteiger partial charge in [0.15, 0.2) is 0 Å². The van der Waals surface area contributed by atoms with Gasteiger partial charge in [0, 0.05) is 4.88 Å². The fourth-order valence-corrected chi connectivity index (χ4v) is 2.28. The van der Waals surface area contributed by atoms with E-state index in [1.807, 2.05) is 5.38 Å². The first-order chi connectivity index (χ1) is 7.13. The van der Waals surface area contributed by atoms with Crippen LogP contribution in [-0.2, 0) is 17.8 Å². The summed E-state index contributed by atoms with van der Waals surface area (Å²) in [5, 5.41) is 4.83. The Kier molecular flexibility index (Phi) is 4.71. The zero-order chi connectivity index (χ0) is 11.3. The predicted octanol–water partition coefficient (Wildman–Crippen LogP) is 1.60. The molecule has 1 aromatic heterocycles. The number of thiocarbonyl (C=S) groups is 1. The molecule has 82 valence electrons. The number of thiophene rings is 1. The van der Waals surface area contributed by atoms with Crippen molar-refractivity contribution < 1.29 is 4.79 Å². The Morgan fingerprint density at radius 3 is 3.00 bits per heavy atom. The van der Waals surface area contributed by atoms with E-state index < -0.39 is 0 Å². The second-order valence-electron chi connectivity index (χ2n) is 3.14. The third-order valence-electron chi connectivity index (χ3n) is 2.00. The molecule has 0 spiro atoms. The average Bonchev–Trinajstić information content (AvgIpc) is 2.60. The Morgan fingerprint density at radius 2 is 2.40 bits per heavy atom. The molecule has 0 saturated heterocycles. The first kappa shape index (κ1) is 12.1. The van der Waals surface area contributed by atoms with Crippen LogP contribution in [0.2, 0.25) is 0 Å². The van der Waals surface area contributed by atoms with Gasteiger partial charge in [-0.25, -0.2) is 0 Å². The molecule has 5 heteroatoms. The molecule has 0 fully saturated rings. The lowest BCUT2D eigenvalue weighted by Gasteiger charge is -2.04. The highest BCUT2D eigenvalue weighted by atomic mass is 32.1. The molecule has 0 saturated carbocycles. The highest BCUT2D eigenvalue weighted by Gasteiger charge is 2.05. The van der Waals surface area contributed by atoms with Gasteiger partial charge in [-0.1, -0.05) is 19.1 Å². The SMILES string of the molecule is CCc1ccsc1CNC(=O)CC(N)=S. The molecule has 0 aliphatic rings. The lowest BCUT2D eigenvalue weighted by atomic mass is 10.2. The Morgan fingerprint density at radius 1 is 1.67 bits per heavy atom. The van der Waals surface area contributed by atoms with E-state index in [1.165, 1.54) is 10.4 Å². The summed E-state index contributed by atoms with van der Waals surface area (Å²) in [6, 6.07) is 2.08. The number of nitrogens with one attached hydrogen (secondary N) is 1. The molecule has 0 aliphatic carbocycles. The summed E-state index contributed by atoms with van der Waals surface area (Å²) in [6.07, 6.45) is 1.12. The van der Waals surface area contributed by atoms with Crippen molar-refractivity contribution >= 4 is 34.5 Å². The Hall–Kier alpha value is -0.940. The first-order valence-corrected chi connectivity index (χ1v) is 6.02. The number of hydrogen-bond acceptors (Lipinski definition) is 3. The molecule has 1 amide bonds. The summed E-state index contributed by atoms with van der Waals surface area (Å²) in [7, 11) is 0. The number of rotatable bonds is 5. The van der Waals surface area contributed by atoms with Crippen LogP contribution in [0, 0.1) is 0 Å². The number of nitrogens with two attached hydrogens (primary N) is 1. The van der Waals surface area contributed by atoms with E-state index >= 15 is 0 Å². The van der Waals surface area contributed by atoms with Crippen molar-refractivity contribution in [3.05, 3.63) is 21.9 Å². The Labute approximate surface area is 98.7 Å². The van der Waals surface area contributed by atoms with Crippen LogP contribution in [-0.4, -0.2) is 10.9 Å². The zero-order valence-corrected chi connectivity index (χ0v) is 10.2. The number of carbonyl (C=O) groups excluding carboxylic acids is 1. The molecule has 0 radical (unpaired) electrons. The van der Waals surface area contributed by atoms with E-state index in [0.717, 1.165) is 6.42 Å². The molecule has 1 aromatic rings. The van der Waals surface area contributed by atoms with Crippen molar-refractivity contribution in [2.75, 3.05) is 0 Å². The fraction of sp³-hybridized carbons (Fsp3) is 0.400. The van der Waals surface area contributed by atoms with E-state index in [4.69, 9.17) is 5.73 Å². The maximum atomic E-state index is 11.3. The second-order valence-corrected chi connectivity index (χ2v) is 4.67. The van der Waals surface area contributed by atoms with Crippen LogP contribution in [0.4, 0.5) is 0 Å². The molecule has 3 nitrogen and oxygen atoms in total. The minimum Gasteiger partial charge on any atom is -0.393 e. The van der Waals surface area contributed by atoms with Crippen LogP contribution < -0.4 is 11.1 Å². The van der Waals surface area contributed by atoms with Crippen LogP contribution in [0.5, 0.6) is 0 Å². The summed E-state index contributed by atoms with van der Waals surface area (Å²) in [4.78, 5) is 12.7. The van der Waals surface area contributed by atoms with Gasteiger partial charge in [0.25, 0.3) is 0 Å². The number of aryl methyl sites for hydroxylation is 1. The lowest BCUT2D eigenvalue weighted by Crippen LogP contribution is -2.27. The van der Waals surface area contributed by atoms with Crippen LogP contribution in [0.15, 0.2) is 11.4 Å². The summed E-state index contributed by atoms with van der Waals surface area (Å²) >= 11 is 6.31. The molecule has 0 bridgehead atoms. The Balaban J connectivity index is 2.43. The first-order valence-electron chi connectivity index (χ1n) is 4.73. The highest BCUT2D eigenvalue weighted by molar-refractivity contribution is 7.80. The normalized spacial score (nSPS) is 9.93. The van der Waals surface area contributed by atoms with Gasteiger partial charge in [-0.05, 0) is 23.4 Å². The quantitative estimate of drug-likeness (QED) is 0.771. The smallest absolute Gasteiger partial charge is 0.227 e. The van der Waals surface area contributed by atoms with Gasteiger partial charge < -0.3 is 11.1 Å². The van der Waals surface area contributed by atoms with Gasteiger partial charge in [0.05, 0.1) is 18.0 Å². The van der Waals surface area contributed by atoms with Crippen molar-refractivity contribution in [1.29, 1.82) is 0 Å². The molecule has 15 heavy (non-hydrogen) atoms. The van der Waals surface area contributed by atoms with Gasteiger partial charge in [0.1, 0.15) is 0 Å². The van der Waals surface area contributed by atoms with Crippen LogP contribution >= 0.6 is 23.6 Å². The summed E-state index contributed by atoms with van der Waals surface area (Å²) in [5.74, 6) is -0.113. The van der Waals surface area contributed by atoms with Gasteiger partial charge in [-0.3, -0.25) is 4.79 Å². The fourth-order valence-electron chi connectivity index (χ4n) is 1.24. The average molecular weight is 242 g/mol. The molecule has 0 aliphatic heterocycles. The van der Waals surface area contributed by atoms with Gasteiger partial charge in [-0.15, -0.1) is 11.3 Å². The van der Waals surface area contributed by atoms with Gasteiger partial charge in [-0.2, -0.15) is 0 Å². The number of carbonyl (C=O) groups is 1. The van der Waals surface area contributed by atoms with E-state index in [9.17, 15) is 4.79 Å². The molecule has 1 heterocycles. The van der Waals surface area contributed by atoms with Crippen LogP contribution in [0.3, 0.4) is 0 Å². The lowest BCUT2D eigenvalue weighted by molar-refractivity contribution is -0.120. The largest absolute Gasteiger partial charge is 0.393 e. The van der Waals surface area contributed by atoms with E-state index in [-0.39, 0.29) is 17.3 Å². The van der Waals surface area contributed by atoms with Crippen molar-refractivity contribution in [3.63, 3.8) is 0 Å². The second kappa shape index (κ2) is 5.82. The maximum absolute atomic E-state index is 11.3. The molecular formula is C10H14N2OS2. The molecule has 0 aromatic carbocycles. The predicted molar refractivity (Wildman–Crippen MR) is 66.9 cm³/mol. The molecule has 1 rings (SSSR count). The highest BCUT2D eigenvalue weighted by Crippen LogP contribution is 2.16. The van der Waals surface area contributed by atoms with E-state index in [1.54, 1.807) is 11.3 Å². The van der Waals surface area contributed by atoms with Crippen LogP contribution in [0.1, 0.15) is 23.8 Å². The topological polar surface area (TPSA) is 55.1 Å². The third kappa shape index (κ3) is 3.97. The maximum Gasteiger partial charge on any atom is 0.227 e. The van der Waals surface area contributed by atoms with Gasteiger partial charge in [0.2, 0.25) is 5.91 Å². The monoisotopic (exact) mass is 242 g/mol. The standard InChI is InChI=1S/C10H14N2OS2/c1-2-7-3-4-15-8(7)6-12-10(13)5-9(11)14/h3-4H,2,5-6H2,1H3,(H2,11,14)(H,12,13). The summed E-state index contributed by atoms with van der Waals surface area (Å²) in [6.45, 7) is 2.67. The Bertz CT molecular complexity index is 360. The molecular weight excluding hydrogens is 228 g/mol.